The average molecular weight is 283 g/mol. The van der Waals surface area contributed by atoms with Crippen molar-refractivity contribution < 1.29 is 0 Å². The van der Waals surface area contributed by atoms with Gasteiger partial charge in [0.25, 0.3) is 0 Å². The Morgan fingerprint density at radius 3 is 2.48 bits per heavy atom. The normalized spacial score (nSPS) is 16.7. The molecule has 3 nitrogen and oxygen atoms in total. The van der Waals surface area contributed by atoms with E-state index in [1.165, 1.54) is 41.6 Å². The van der Waals surface area contributed by atoms with Gasteiger partial charge in [-0.2, -0.15) is 5.10 Å². The molecule has 0 amide bonds. The van der Waals surface area contributed by atoms with E-state index in [4.69, 9.17) is 0 Å². The number of nitrogens with one attached hydrogen (secondary N) is 1. The summed E-state index contributed by atoms with van der Waals surface area (Å²) in [7, 11) is 2.00. The number of hydrogen-bond acceptors (Lipinski definition) is 2. The largest absolute Gasteiger partial charge is 0.306 e. The van der Waals surface area contributed by atoms with Crippen molar-refractivity contribution in [2.24, 2.45) is 7.05 Å². The van der Waals surface area contributed by atoms with Gasteiger partial charge in [0.1, 0.15) is 0 Å². The van der Waals surface area contributed by atoms with Crippen molar-refractivity contribution in [1.82, 2.24) is 15.1 Å². The van der Waals surface area contributed by atoms with E-state index in [2.05, 4.69) is 48.5 Å². The second-order valence-electron chi connectivity index (χ2n) is 6.09. The van der Waals surface area contributed by atoms with Gasteiger partial charge >= 0.3 is 0 Å². The lowest BCUT2D eigenvalue weighted by atomic mass is 9.79. The predicted molar refractivity (Wildman–Crippen MR) is 86.5 cm³/mol. The van der Waals surface area contributed by atoms with E-state index in [1.807, 2.05) is 17.9 Å². The lowest BCUT2D eigenvalue weighted by molar-refractivity contribution is 0.419. The molecule has 0 aliphatic heterocycles. The van der Waals surface area contributed by atoms with Crippen LogP contribution in [0.4, 0.5) is 0 Å². The Labute approximate surface area is 127 Å². The minimum atomic E-state index is 0.235. The molecular weight excluding hydrogens is 258 g/mol. The Morgan fingerprint density at radius 2 is 2.00 bits per heavy atom. The van der Waals surface area contributed by atoms with Gasteiger partial charge < -0.3 is 5.32 Å². The number of nitrogens with zero attached hydrogens (tertiary/aromatic N) is 2. The van der Waals surface area contributed by atoms with Crippen LogP contribution in [0.2, 0.25) is 0 Å². The van der Waals surface area contributed by atoms with Gasteiger partial charge in [0, 0.05) is 18.3 Å². The molecule has 1 unspecified atom stereocenters. The van der Waals surface area contributed by atoms with E-state index in [1.54, 1.807) is 0 Å². The molecule has 1 aromatic carbocycles. The Hall–Kier alpha value is -1.61. The highest BCUT2D eigenvalue weighted by Gasteiger charge is 2.21. The number of rotatable bonds is 5. The van der Waals surface area contributed by atoms with Crippen molar-refractivity contribution in [3.05, 3.63) is 52.8 Å². The summed E-state index contributed by atoms with van der Waals surface area (Å²) in [5, 5.41) is 7.98. The van der Waals surface area contributed by atoms with Gasteiger partial charge in [-0.15, -0.1) is 0 Å². The van der Waals surface area contributed by atoms with Crippen LogP contribution in [0.1, 0.15) is 60.5 Å². The van der Waals surface area contributed by atoms with E-state index < -0.39 is 0 Å². The maximum atomic E-state index is 4.39. The third-order valence-corrected chi connectivity index (χ3v) is 4.84. The Balaban J connectivity index is 1.88. The third-order valence-electron chi connectivity index (χ3n) is 4.84. The first-order chi connectivity index (χ1) is 10.2. The summed E-state index contributed by atoms with van der Waals surface area (Å²) in [4.78, 5) is 0. The second kappa shape index (κ2) is 6.02. The molecule has 21 heavy (non-hydrogen) atoms. The van der Waals surface area contributed by atoms with E-state index in [0.717, 1.165) is 12.5 Å². The average Bonchev–Trinajstić information content (AvgIpc) is 2.76. The molecule has 0 saturated heterocycles. The predicted octanol–water partition coefficient (Wildman–Crippen LogP) is 3.69. The summed E-state index contributed by atoms with van der Waals surface area (Å²) >= 11 is 0. The van der Waals surface area contributed by atoms with Gasteiger partial charge in [-0.25, -0.2) is 0 Å². The lowest BCUT2D eigenvalue weighted by Gasteiger charge is -2.26. The fourth-order valence-corrected chi connectivity index (χ4v) is 3.11. The molecule has 3 heteroatoms. The van der Waals surface area contributed by atoms with Gasteiger partial charge in [-0.05, 0) is 43.4 Å². The van der Waals surface area contributed by atoms with E-state index in [0.29, 0.717) is 0 Å². The molecule has 0 radical (unpaired) electrons. The van der Waals surface area contributed by atoms with Crippen LogP contribution in [-0.4, -0.2) is 16.3 Å². The molecule has 1 fully saturated rings. The third kappa shape index (κ3) is 2.75. The molecule has 1 saturated carbocycles. The van der Waals surface area contributed by atoms with Crippen molar-refractivity contribution >= 4 is 0 Å². The van der Waals surface area contributed by atoms with Crippen LogP contribution >= 0.6 is 0 Å². The molecular formula is C18H25N3. The molecule has 2 aromatic rings. The van der Waals surface area contributed by atoms with Crippen LogP contribution in [0.25, 0.3) is 0 Å². The van der Waals surface area contributed by atoms with Gasteiger partial charge in [-0.3, -0.25) is 4.68 Å². The zero-order valence-electron chi connectivity index (χ0n) is 13.3. The number of benzene rings is 1. The maximum absolute atomic E-state index is 4.39. The van der Waals surface area contributed by atoms with Gasteiger partial charge in [-0.1, -0.05) is 37.6 Å². The van der Waals surface area contributed by atoms with Crippen molar-refractivity contribution in [2.45, 2.75) is 45.1 Å². The van der Waals surface area contributed by atoms with Gasteiger partial charge in [0.15, 0.2) is 0 Å². The smallest absolute Gasteiger partial charge is 0.0610 e. The molecule has 1 aliphatic carbocycles. The standard InChI is InChI=1S/C18H25N3/c1-4-19-18(17-12-20-21(3)13(17)2)16-10-8-15(9-11-16)14-6-5-7-14/h8-12,14,18-19H,4-7H2,1-3H3. The molecule has 1 atom stereocenters. The van der Waals surface area contributed by atoms with Crippen LogP contribution in [0, 0.1) is 6.92 Å². The second-order valence-corrected chi connectivity index (χ2v) is 6.09. The summed E-state index contributed by atoms with van der Waals surface area (Å²) in [5.41, 5.74) is 5.33. The van der Waals surface area contributed by atoms with Crippen molar-refractivity contribution in [3.63, 3.8) is 0 Å². The summed E-state index contributed by atoms with van der Waals surface area (Å²) in [6, 6.07) is 9.43. The summed E-state index contributed by atoms with van der Waals surface area (Å²) in [5.74, 6) is 0.803. The SMILES string of the molecule is CCNC(c1ccc(C2CCC2)cc1)c1cnn(C)c1C. The Kier molecular flexibility index (Phi) is 4.11. The first kappa shape index (κ1) is 14.3. The van der Waals surface area contributed by atoms with Crippen LogP contribution in [-0.2, 0) is 7.05 Å². The molecule has 1 aromatic heterocycles. The molecule has 0 bridgehead atoms. The number of aromatic nitrogens is 2. The van der Waals surface area contributed by atoms with Crippen molar-refractivity contribution in [2.75, 3.05) is 6.54 Å². The highest BCUT2D eigenvalue weighted by atomic mass is 15.3. The molecule has 3 rings (SSSR count). The first-order valence-corrected chi connectivity index (χ1v) is 8.02. The minimum Gasteiger partial charge on any atom is -0.306 e. The summed E-state index contributed by atoms with van der Waals surface area (Å²) in [6.45, 7) is 5.24. The van der Waals surface area contributed by atoms with E-state index >= 15 is 0 Å². The zero-order chi connectivity index (χ0) is 14.8. The quantitative estimate of drug-likeness (QED) is 0.907. The summed E-state index contributed by atoms with van der Waals surface area (Å²) < 4.78 is 1.95. The fourth-order valence-electron chi connectivity index (χ4n) is 3.11. The van der Waals surface area contributed by atoms with Crippen molar-refractivity contribution in [3.8, 4) is 0 Å². The van der Waals surface area contributed by atoms with Crippen LogP contribution in [0.5, 0.6) is 0 Å². The van der Waals surface area contributed by atoms with Gasteiger partial charge in [0.05, 0.1) is 12.2 Å². The highest BCUT2D eigenvalue weighted by Crippen LogP contribution is 2.37. The zero-order valence-corrected chi connectivity index (χ0v) is 13.3. The van der Waals surface area contributed by atoms with Crippen LogP contribution < -0.4 is 5.32 Å². The Morgan fingerprint density at radius 1 is 1.29 bits per heavy atom. The first-order valence-electron chi connectivity index (χ1n) is 8.02. The molecule has 0 spiro atoms. The van der Waals surface area contributed by atoms with Crippen LogP contribution in [0.15, 0.2) is 30.5 Å². The van der Waals surface area contributed by atoms with E-state index in [9.17, 15) is 0 Å². The maximum Gasteiger partial charge on any atom is 0.0610 e. The minimum absolute atomic E-state index is 0.235. The molecule has 1 aliphatic rings. The topological polar surface area (TPSA) is 29.9 Å². The molecule has 1 N–H and O–H groups in total. The molecule has 112 valence electrons. The highest BCUT2D eigenvalue weighted by molar-refractivity contribution is 5.35. The van der Waals surface area contributed by atoms with E-state index in [-0.39, 0.29) is 6.04 Å². The summed E-state index contributed by atoms with van der Waals surface area (Å²) in [6.07, 6.45) is 6.10. The fraction of sp³-hybridized carbons (Fsp3) is 0.500. The van der Waals surface area contributed by atoms with Crippen LogP contribution in [0.3, 0.4) is 0 Å². The number of aryl methyl sites for hydroxylation is 1. The monoisotopic (exact) mass is 283 g/mol. The number of hydrogen-bond donors (Lipinski definition) is 1. The van der Waals surface area contributed by atoms with Gasteiger partial charge in [0.2, 0.25) is 0 Å². The van der Waals surface area contributed by atoms with Crippen molar-refractivity contribution in [1.29, 1.82) is 0 Å². The molecule has 1 heterocycles. The Bertz CT molecular complexity index is 593. The lowest BCUT2D eigenvalue weighted by Crippen LogP contribution is -2.22.